The molecule has 1 heterocycles. The number of thioether (sulfide) groups is 1. The molecule has 7 heteroatoms. The van der Waals surface area contributed by atoms with Gasteiger partial charge in [0.1, 0.15) is 22.7 Å². The van der Waals surface area contributed by atoms with E-state index in [-0.39, 0.29) is 11.3 Å². The van der Waals surface area contributed by atoms with Gasteiger partial charge in [0.15, 0.2) is 11.6 Å². The Bertz CT molecular complexity index is 732. The molecule has 2 aromatic carbocycles. The fraction of sp³-hybridized carbons (Fsp3) is 0.133. The van der Waals surface area contributed by atoms with Crippen LogP contribution < -0.4 is 4.90 Å². The molecular weight excluding hydrogens is 318 g/mol. The Balaban J connectivity index is 2.08. The van der Waals surface area contributed by atoms with Gasteiger partial charge in [0.2, 0.25) is 5.91 Å². The largest absolute Gasteiger partial charge is 0.290 e. The zero-order valence-electron chi connectivity index (χ0n) is 11.0. The molecule has 1 amide bonds. The molecule has 0 aromatic heterocycles. The van der Waals surface area contributed by atoms with E-state index >= 15 is 0 Å². The molecule has 114 valence electrons. The Morgan fingerprint density at radius 2 is 1.64 bits per heavy atom. The van der Waals surface area contributed by atoms with E-state index in [4.69, 9.17) is 0 Å². The molecule has 0 saturated carbocycles. The molecule has 0 unspecified atom stereocenters. The maximum Gasteiger partial charge on any atom is 0.238 e. The Kier molecular flexibility index (Phi) is 3.82. The lowest BCUT2D eigenvalue weighted by molar-refractivity contribution is -0.115. The molecule has 0 aliphatic carbocycles. The Hall–Kier alpha value is -2.02. The summed E-state index contributed by atoms with van der Waals surface area (Å²) < 4.78 is 54.3. The summed E-state index contributed by atoms with van der Waals surface area (Å²) in [6.45, 7) is 0. The molecule has 1 aliphatic heterocycles. The van der Waals surface area contributed by atoms with Crippen LogP contribution in [0, 0.1) is 23.3 Å². The third-order valence-electron chi connectivity index (χ3n) is 3.28. The Morgan fingerprint density at radius 3 is 2.27 bits per heavy atom. The van der Waals surface area contributed by atoms with Gasteiger partial charge in [-0.2, -0.15) is 0 Å². The van der Waals surface area contributed by atoms with E-state index in [2.05, 4.69) is 0 Å². The summed E-state index contributed by atoms with van der Waals surface area (Å²) in [5.74, 6) is -4.37. The molecule has 1 fully saturated rings. The SMILES string of the molecule is O=C1CS[C@H](c2ccc(F)c(F)c2)N1c1c(F)cccc1F. The van der Waals surface area contributed by atoms with E-state index in [1.54, 1.807) is 0 Å². The zero-order valence-corrected chi connectivity index (χ0v) is 11.8. The minimum atomic E-state index is -1.08. The lowest BCUT2D eigenvalue weighted by Crippen LogP contribution is -2.29. The highest BCUT2D eigenvalue weighted by Crippen LogP contribution is 2.43. The van der Waals surface area contributed by atoms with Crippen LogP contribution in [0.15, 0.2) is 36.4 Å². The monoisotopic (exact) mass is 327 g/mol. The van der Waals surface area contributed by atoms with E-state index in [1.165, 1.54) is 12.1 Å². The number of carbonyl (C=O) groups excluding carboxylic acids is 1. The van der Waals surface area contributed by atoms with Crippen LogP contribution in [-0.4, -0.2) is 11.7 Å². The molecule has 22 heavy (non-hydrogen) atoms. The average molecular weight is 327 g/mol. The van der Waals surface area contributed by atoms with Gasteiger partial charge in [0, 0.05) is 0 Å². The van der Waals surface area contributed by atoms with E-state index in [1.807, 2.05) is 0 Å². The first kappa shape index (κ1) is 14.9. The molecule has 0 N–H and O–H groups in total. The van der Waals surface area contributed by atoms with Crippen LogP contribution in [-0.2, 0) is 4.79 Å². The predicted molar refractivity (Wildman–Crippen MR) is 75.4 cm³/mol. The highest BCUT2D eigenvalue weighted by Gasteiger charge is 2.37. The van der Waals surface area contributed by atoms with Crippen molar-refractivity contribution in [2.75, 3.05) is 10.7 Å². The van der Waals surface area contributed by atoms with Crippen LogP contribution in [0.1, 0.15) is 10.9 Å². The molecule has 2 aromatic rings. The standard InChI is InChI=1S/C15H9F4NOS/c16-9-5-4-8(6-12(9)19)15-20(13(21)7-22-15)14-10(17)2-1-3-11(14)18/h1-6,15H,7H2/t15-/m1/s1. The molecule has 1 saturated heterocycles. The minimum absolute atomic E-state index is 0.00254. The number of rotatable bonds is 2. The second kappa shape index (κ2) is 5.64. The number of para-hydroxylation sites is 1. The summed E-state index contributed by atoms with van der Waals surface area (Å²) in [6.07, 6.45) is 0. The second-order valence-corrected chi connectivity index (χ2v) is 5.74. The van der Waals surface area contributed by atoms with E-state index in [9.17, 15) is 22.4 Å². The molecule has 0 bridgehead atoms. The molecule has 3 rings (SSSR count). The van der Waals surface area contributed by atoms with Gasteiger partial charge in [-0.3, -0.25) is 9.69 Å². The van der Waals surface area contributed by atoms with Gasteiger partial charge in [-0.25, -0.2) is 17.6 Å². The summed E-state index contributed by atoms with van der Waals surface area (Å²) in [5, 5.41) is -0.811. The fourth-order valence-electron chi connectivity index (χ4n) is 2.30. The number of hydrogen-bond acceptors (Lipinski definition) is 2. The average Bonchev–Trinajstić information content (AvgIpc) is 2.84. The molecular formula is C15H9F4NOS. The van der Waals surface area contributed by atoms with Crippen LogP contribution in [0.5, 0.6) is 0 Å². The molecule has 1 aliphatic rings. The smallest absolute Gasteiger partial charge is 0.238 e. The first-order valence-corrected chi connectivity index (χ1v) is 7.36. The maximum absolute atomic E-state index is 13.9. The van der Waals surface area contributed by atoms with Crippen molar-refractivity contribution in [3.8, 4) is 0 Å². The fourth-order valence-corrected chi connectivity index (χ4v) is 3.45. The van der Waals surface area contributed by atoms with Gasteiger partial charge in [-0.1, -0.05) is 12.1 Å². The number of halogens is 4. The van der Waals surface area contributed by atoms with Crippen molar-refractivity contribution in [1.82, 2.24) is 0 Å². The van der Waals surface area contributed by atoms with Crippen molar-refractivity contribution in [1.29, 1.82) is 0 Å². The van der Waals surface area contributed by atoms with Crippen LogP contribution in [0.25, 0.3) is 0 Å². The van der Waals surface area contributed by atoms with Crippen LogP contribution in [0.2, 0.25) is 0 Å². The van der Waals surface area contributed by atoms with Gasteiger partial charge >= 0.3 is 0 Å². The molecule has 1 atom stereocenters. The normalized spacial score (nSPS) is 18.1. The van der Waals surface area contributed by atoms with Gasteiger partial charge < -0.3 is 0 Å². The Labute approximate surface area is 127 Å². The van der Waals surface area contributed by atoms with Crippen molar-refractivity contribution >= 4 is 23.4 Å². The van der Waals surface area contributed by atoms with Crippen LogP contribution >= 0.6 is 11.8 Å². The summed E-state index contributed by atoms with van der Waals surface area (Å²) in [5.41, 5.74) is -0.218. The number of carbonyl (C=O) groups is 1. The third kappa shape index (κ3) is 2.45. The van der Waals surface area contributed by atoms with Crippen molar-refractivity contribution in [3.63, 3.8) is 0 Å². The van der Waals surface area contributed by atoms with Crippen molar-refractivity contribution in [2.24, 2.45) is 0 Å². The third-order valence-corrected chi connectivity index (χ3v) is 4.49. The van der Waals surface area contributed by atoms with Gasteiger partial charge in [-0.15, -0.1) is 11.8 Å². The number of hydrogen-bond donors (Lipinski definition) is 0. The minimum Gasteiger partial charge on any atom is -0.290 e. The van der Waals surface area contributed by atoms with Crippen LogP contribution in [0.4, 0.5) is 23.2 Å². The highest BCUT2D eigenvalue weighted by molar-refractivity contribution is 8.00. The summed E-state index contributed by atoms with van der Waals surface area (Å²) in [6, 6.07) is 6.41. The molecule has 0 radical (unpaired) electrons. The number of nitrogens with zero attached hydrogens (tertiary/aromatic N) is 1. The number of benzene rings is 2. The van der Waals surface area contributed by atoms with E-state index in [0.717, 1.165) is 40.9 Å². The molecule has 0 spiro atoms. The van der Waals surface area contributed by atoms with Crippen molar-refractivity contribution in [3.05, 3.63) is 65.2 Å². The molecule has 2 nitrogen and oxygen atoms in total. The number of amides is 1. The summed E-state index contributed by atoms with van der Waals surface area (Å²) >= 11 is 1.09. The number of anilines is 1. The van der Waals surface area contributed by atoms with E-state index < -0.39 is 40.2 Å². The van der Waals surface area contributed by atoms with Crippen molar-refractivity contribution in [2.45, 2.75) is 5.37 Å². The van der Waals surface area contributed by atoms with Gasteiger partial charge in [0.05, 0.1) is 5.75 Å². The highest BCUT2D eigenvalue weighted by atomic mass is 32.2. The van der Waals surface area contributed by atoms with Gasteiger partial charge in [0.25, 0.3) is 0 Å². The summed E-state index contributed by atoms with van der Waals surface area (Å²) in [4.78, 5) is 13.0. The first-order chi connectivity index (χ1) is 10.5. The maximum atomic E-state index is 13.9. The van der Waals surface area contributed by atoms with Crippen LogP contribution in [0.3, 0.4) is 0 Å². The van der Waals surface area contributed by atoms with Gasteiger partial charge in [-0.05, 0) is 29.8 Å². The topological polar surface area (TPSA) is 20.3 Å². The van der Waals surface area contributed by atoms with E-state index in [0.29, 0.717) is 0 Å². The zero-order chi connectivity index (χ0) is 15.9. The first-order valence-electron chi connectivity index (χ1n) is 6.31. The lowest BCUT2D eigenvalue weighted by Gasteiger charge is -2.25. The summed E-state index contributed by atoms with van der Waals surface area (Å²) in [7, 11) is 0. The second-order valence-electron chi connectivity index (χ2n) is 4.67. The lowest BCUT2D eigenvalue weighted by atomic mass is 10.1. The van der Waals surface area contributed by atoms with Crippen molar-refractivity contribution < 1.29 is 22.4 Å². The Morgan fingerprint density at radius 1 is 0.955 bits per heavy atom. The predicted octanol–water partition coefficient (Wildman–Crippen LogP) is 4.02. The quantitative estimate of drug-likeness (QED) is 0.777.